The lowest BCUT2D eigenvalue weighted by Crippen LogP contribution is -2.58. The van der Waals surface area contributed by atoms with Gasteiger partial charge in [0.05, 0.1) is 0 Å². The molecule has 1 aromatic carbocycles. The molecule has 4 nitrogen and oxygen atoms in total. The van der Waals surface area contributed by atoms with E-state index in [1.807, 2.05) is 19.1 Å². The summed E-state index contributed by atoms with van der Waals surface area (Å²) in [6.45, 7) is 3.15. The second-order valence-electron chi connectivity index (χ2n) is 4.06. The van der Waals surface area contributed by atoms with Gasteiger partial charge in [-0.15, -0.1) is 0 Å². The van der Waals surface area contributed by atoms with Crippen molar-refractivity contribution in [2.45, 2.75) is 13.0 Å². The van der Waals surface area contributed by atoms with Crippen molar-refractivity contribution in [2.75, 3.05) is 18.4 Å². The topological polar surface area (TPSA) is 58.4 Å². The van der Waals surface area contributed by atoms with E-state index in [1.54, 1.807) is 11.0 Å². The lowest BCUT2D eigenvalue weighted by atomic mass is 10.1. The second-order valence-corrected chi connectivity index (χ2v) is 4.47. The molecule has 2 rings (SSSR count). The minimum Gasteiger partial charge on any atom is -0.325 e. The van der Waals surface area contributed by atoms with Crippen molar-refractivity contribution in [2.24, 2.45) is 5.73 Å². The Morgan fingerprint density at radius 1 is 1.56 bits per heavy atom. The van der Waals surface area contributed by atoms with Gasteiger partial charge in [0.15, 0.2) is 0 Å². The number of hydrogen-bond donors (Lipinski definition) is 2. The highest BCUT2D eigenvalue weighted by molar-refractivity contribution is 6.31. The number of amides is 2. The van der Waals surface area contributed by atoms with Gasteiger partial charge in [-0.25, -0.2) is 4.79 Å². The lowest BCUT2D eigenvalue weighted by molar-refractivity contribution is 0.165. The number of urea groups is 1. The molecule has 2 amide bonds. The predicted molar refractivity (Wildman–Crippen MR) is 64.8 cm³/mol. The van der Waals surface area contributed by atoms with Crippen molar-refractivity contribution in [1.82, 2.24) is 4.90 Å². The predicted octanol–water partition coefficient (Wildman–Crippen LogP) is 1.82. The van der Waals surface area contributed by atoms with Crippen LogP contribution in [0.25, 0.3) is 0 Å². The first-order chi connectivity index (χ1) is 7.56. The Hall–Kier alpha value is -1.26. The standard InChI is InChI=1S/C11H14ClN3O/c1-7-2-3-9(4-10(7)12)14-11(16)15-5-8(13)6-15/h2-4,8H,5-6,13H2,1H3,(H,14,16). The first-order valence-corrected chi connectivity index (χ1v) is 5.51. The maximum atomic E-state index is 11.7. The fourth-order valence-corrected chi connectivity index (χ4v) is 1.73. The Morgan fingerprint density at radius 3 is 2.81 bits per heavy atom. The zero-order chi connectivity index (χ0) is 11.7. The van der Waals surface area contributed by atoms with Crippen molar-refractivity contribution in [1.29, 1.82) is 0 Å². The van der Waals surface area contributed by atoms with Gasteiger partial charge in [0.2, 0.25) is 0 Å². The Balaban J connectivity index is 1.98. The highest BCUT2D eigenvalue weighted by Crippen LogP contribution is 2.20. The number of hydrogen-bond acceptors (Lipinski definition) is 2. The van der Waals surface area contributed by atoms with Crippen LogP contribution < -0.4 is 11.1 Å². The molecule has 0 atom stereocenters. The molecule has 1 aliphatic rings. The minimum absolute atomic E-state index is 0.118. The molecule has 0 radical (unpaired) electrons. The Kier molecular flexibility index (Phi) is 3.03. The molecule has 0 spiro atoms. The number of anilines is 1. The summed E-state index contributed by atoms with van der Waals surface area (Å²) in [5, 5.41) is 3.43. The van der Waals surface area contributed by atoms with Crippen LogP contribution in [0.1, 0.15) is 5.56 Å². The summed E-state index contributed by atoms with van der Waals surface area (Å²) in [5.74, 6) is 0. The molecular weight excluding hydrogens is 226 g/mol. The summed E-state index contributed by atoms with van der Waals surface area (Å²) in [5.41, 5.74) is 7.30. The van der Waals surface area contributed by atoms with Crippen LogP contribution in [0.4, 0.5) is 10.5 Å². The summed E-state index contributed by atoms with van der Waals surface area (Å²) in [6, 6.07) is 5.45. The molecule has 1 fully saturated rings. The average molecular weight is 240 g/mol. The molecule has 1 saturated heterocycles. The van der Waals surface area contributed by atoms with Gasteiger partial charge in [-0.1, -0.05) is 17.7 Å². The van der Waals surface area contributed by atoms with Gasteiger partial charge in [0, 0.05) is 29.8 Å². The van der Waals surface area contributed by atoms with Crippen molar-refractivity contribution >= 4 is 23.3 Å². The number of carbonyl (C=O) groups excluding carboxylic acids is 1. The summed E-state index contributed by atoms with van der Waals surface area (Å²) < 4.78 is 0. The van der Waals surface area contributed by atoms with E-state index in [0.717, 1.165) is 5.56 Å². The summed E-state index contributed by atoms with van der Waals surface area (Å²) in [7, 11) is 0. The molecular formula is C11H14ClN3O. The minimum atomic E-state index is -0.124. The third-order valence-corrected chi connectivity index (χ3v) is 3.03. The third-order valence-electron chi connectivity index (χ3n) is 2.62. The van der Waals surface area contributed by atoms with Crippen LogP contribution in [0, 0.1) is 6.92 Å². The summed E-state index contributed by atoms with van der Waals surface area (Å²) in [4.78, 5) is 13.3. The molecule has 16 heavy (non-hydrogen) atoms. The summed E-state index contributed by atoms with van der Waals surface area (Å²) in [6.07, 6.45) is 0. The van der Waals surface area contributed by atoms with Gasteiger partial charge in [-0.3, -0.25) is 0 Å². The Labute approximate surface area is 99.4 Å². The van der Waals surface area contributed by atoms with Crippen LogP contribution in [0.15, 0.2) is 18.2 Å². The van der Waals surface area contributed by atoms with Crippen molar-refractivity contribution < 1.29 is 4.79 Å². The lowest BCUT2D eigenvalue weighted by Gasteiger charge is -2.36. The van der Waals surface area contributed by atoms with Crippen LogP contribution >= 0.6 is 11.6 Å². The third kappa shape index (κ3) is 2.28. The molecule has 0 saturated carbocycles. The van der Waals surface area contributed by atoms with Crippen LogP contribution in [0.5, 0.6) is 0 Å². The molecule has 0 aliphatic carbocycles. The number of halogens is 1. The molecule has 0 aromatic heterocycles. The quantitative estimate of drug-likeness (QED) is 0.786. The normalized spacial score (nSPS) is 15.8. The molecule has 3 N–H and O–H groups in total. The summed E-state index contributed by atoms with van der Waals surface area (Å²) >= 11 is 5.96. The number of rotatable bonds is 1. The van der Waals surface area contributed by atoms with Crippen LogP contribution in [-0.4, -0.2) is 30.1 Å². The van der Waals surface area contributed by atoms with Crippen LogP contribution in [-0.2, 0) is 0 Å². The van der Waals surface area contributed by atoms with Crippen LogP contribution in [0.2, 0.25) is 5.02 Å². The number of likely N-dealkylation sites (tertiary alicyclic amines) is 1. The second kappa shape index (κ2) is 4.31. The fraction of sp³-hybridized carbons (Fsp3) is 0.364. The van der Waals surface area contributed by atoms with Crippen molar-refractivity contribution in [3.05, 3.63) is 28.8 Å². The maximum absolute atomic E-state index is 11.7. The molecule has 5 heteroatoms. The SMILES string of the molecule is Cc1ccc(NC(=O)N2CC(N)C2)cc1Cl. The Morgan fingerprint density at radius 2 is 2.25 bits per heavy atom. The van der Waals surface area contributed by atoms with E-state index in [9.17, 15) is 4.79 Å². The van der Waals surface area contributed by atoms with Crippen LogP contribution in [0.3, 0.4) is 0 Å². The first-order valence-electron chi connectivity index (χ1n) is 5.14. The molecule has 1 aliphatic heterocycles. The van der Waals surface area contributed by atoms with Crippen molar-refractivity contribution in [3.8, 4) is 0 Å². The van der Waals surface area contributed by atoms with Crippen molar-refractivity contribution in [3.63, 3.8) is 0 Å². The molecule has 1 heterocycles. The van der Waals surface area contributed by atoms with Gasteiger partial charge in [-0.2, -0.15) is 0 Å². The van der Waals surface area contributed by atoms with E-state index < -0.39 is 0 Å². The number of nitrogens with one attached hydrogen (secondary N) is 1. The van der Waals surface area contributed by atoms with Gasteiger partial charge in [0.25, 0.3) is 0 Å². The largest absolute Gasteiger partial charge is 0.325 e. The van der Waals surface area contributed by atoms with E-state index in [-0.39, 0.29) is 12.1 Å². The van der Waals surface area contributed by atoms with E-state index in [1.165, 1.54) is 0 Å². The van der Waals surface area contributed by atoms with Gasteiger partial charge in [0.1, 0.15) is 0 Å². The average Bonchev–Trinajstić information content (AvgIpc) is 2.19. The van der Waals surface area contributed by atoms with Gasteiger partial charge >= 0.3 is 6.03 Å². The zero-order valence-electron chi connectivity index (χ0n) is 9.03. The number of benzene rings is 1. The molecule has 86 valence electrons. The number of carbonyl (C=O) groups is 1. The monoisotopic (exact) mass is 239 g/mol. The van der Waals surface area contributed by atoms with E-state index in [4.69, 9.17) is 17.3 Å². The molecule has 1 aromatic rings. The maximum Gasteiger partial charge on any atom is 0.321 e. The Bertz CT molecular complexity index is 416. The number of nitrogens with two attached hydrogens (primary N) is 1. The van der Waals surface area contributed by atoms with E-state index in [2.05, 4.69) is 5.32 Å². The molecule has 0 bridgehead atoms. The number of nitrogens with zero attached hydrogens (tertiary/aromatic N) is 1. The number of aryl methyl sites for hydroxylation is 1. The fourth-order valence-electron chi connectivity index (χ4n) is 1.55. The van der Waals surface area contributed by atoms with E-state index >= 15 is 0 Å². The molecule has 0 unspecified atom stereocenters. The highest BCUT2D eigenvalue weighted by atomic mass is 35.5. The van der Waals surface area contributed by atoms with E-state index in [0.29, 0.717) is 23.8 Å². The van der Waals surface area contributed by atoms with Gasteiger partial charge < -0.3 is 16.0 Å². The highest BCUT2D eigenvalue weighted by Gasteiger charge is 2.27. The first kappa shape index (κ1) is 11.2. The van der Waals surface area contributed by atoms with Gasteiger partial charge in [-0.05, 0) is 24.6 Å². The smallest absolute Gasteiger partial charge is 0.321 e. The zero-order valence-corrected chi connectivity index (χ0v) is 9.79.